The summed E-state index contributed by atoms with van der Waals surface area (Å²) in [7, 11) is 0. The van der Waals surface area contributed by atoms with Crippen molar-refractivity contribution in [3.05, 3.63) is 0 Å². The minimum Gasteiger partial charge on any atom is -0.395 e. The average molecular weight is 155 g/mol. The lowest BCUT2D eigenvalue weighted by molar-refractivity contribution is 0.184. The highest BCUT2D eigenvalue weighted by atomic mass is 32.2. The molecule has 0 heterocycles. The summed E-state index contributed by atoms with van der Waals surface area (Å²) in [5.74, 6) is 0. The molecule has 0 aromatic carbocycles. The van der Waals surface area contributed by atoms with E-state index in [-0.39, 0.29) is 13.2 Å². The molecule has 0 saturated heterocycles. The topological polar surface area (TPSA) is 89.8 Å². The predicted molar refractivity (Wildman–Crippen MR) is 31.9 cm³/mol. The predicted octanol–water partition coefficient (Wildman–Crippen LogP) is -1.93. The van der Waals surface area contributed by atoms with Gasteiger partial charge in [-0.25, -0.2) is 8.93 Å². The normalized spacial score (nSPS) is 14.2. The Hall–Kier alpha value is -0.0100. The highest BCUT2D eigenvalue weighted by molar-refractivity contribution is 7.77. The van der Waals surface area contributed by atoms with Crippen molar-refractivity contribution in [2.45, 2.75) is 6.04 Å². The minimum atomic E-state index is -2.17. The Labute approximate surface area is 55.1 Å². The van der Waals surface area contributed by atoms with Gasteiger partial charge in [-0.15, -0.1) is 0 Å². The third kappa shape index (κ3) is 4.49. The lowest BCUT2D eigenvalue weighted by Crippen LogP contribution is -2.36. The van der Waals surface area contributed by atoms with Crippen molar-refractivity contribution < 1.29 is 19.0 Å². The summed E-state index contributed by atoms with van der Waals surface area (Å²) >= 11 is -2.17. The van der Waals surface area contributed by atoms with Crippen molar-refractivity contribution in [1.29, 1.82) is 0 Å². The first-order valence-corrected chi connectivity index (χ1v) is 3.40. The third-order valence-corrected chi connectivity index (χ3v) is 1.24. The fourth-order valence-corrected chi connectivity index (χ4v) is 0.709. The number of rotatable bonds is 4. The van der Waals surface area contributed by atoms with Crippen LogP contribution in [0.1, 0.15) is 0 Å². The first-order chi connectivity index (χ1) is 4.20. The van der Waals surface area contributed by atoms with E-state index >= 15 is 0 Å². The van der Waals surface area contributed by atoms with E-state index in [9.17, 15) is 4.21 Å². The summed E-state index contributed by atoms with van der Waals surface area (Å²) in [5.41, 5.74) is 0. The Morgan fingerprint density at radius 1 is 1.44 bits per heavy atom. The van der Waals surface area contributed by atoms with Gasteiger partial charge in [-0.3, -0.25) is 4.55 Å². The molecule has 0 radical (unpaired) electrons. The van der Waals surface area contributed by atoms with Gasteiger partial charge < -0.3 is 10.2 Å². The van der Waals surface area contributed by atoms with Crippen LogP contribution in [0.5, 0.6) is 0 Å². The monoisotopic (exact) mass is 155 g/mol. The quantitative estimate of drug-likeness (QED) is 0.356. The molecule has 0 rings (SSSR count). The molecule has 4 N–H and O–H groups in total. The van der Waals surface area contributed by atoms with Gasteiger partial charge in [0.1, 0.15) is 0 Å². The Morgan fingerprint density at radius 2 is 1.89 bits per heavy atom. The molecule has 0 amide bonds. The van der Waals surface area contributed by atoms with Crippen molar-refractivity contribution in [2.24, 2.45) is 0 Å². The molecular weight excluding hydrogens is 146 g/mol. The van der Waals surface area contributed by atoms with E-state index in [1.807, 2.05) is 4.72 Å². The molecule has 56 valence electrons. The van der Waals surface area contributed by atoms with Gasteiger partial charge in [0.2, 0.25) is 11.3 Å². The molecule has 0 aromatic rings. The van der Waals surface area contributed by atoms with Crippen molar-refractivity contribution in [2.75, 3.05) is 13.2 Å². The van der Waals surface area contributed by atoms with Crippen LogP contribution in [0.4, 0.5) is 0 Å². The molecule has 0 aliphatic carbocycles. The largest absolute Gasteiger partial charge is 0.395 e. The van der Waals surface area contributed by atoms with Gasteiger partial charge in [0.25, 0.3) is 0 Å². The molecule has 0 aromatic heterocycles. The smallest absolute Gasteiger partial charge is 0.232 e. The molecule has 0 aliphatic heterocycles. The zero-order valence-electron chi connectivity index (χ0n) is 4.65. The van der Waals surface area contributed by atoms with Crippen LogP contribution in [-0.2, 0) is 11.3 Å². The highest BCUT2D eigenvalue weighted by Gasteiger charge is 2.05. The van der Waals surface area contributed by atoms with Crippen molar-refractivity contribution in [1.82, 2.24) is 4.72 Å². The molecular formula is C3H9NO4S. The standard InChI is InChI=1S/C3H9NO4S/c5-1-3(2-6)4-9(7)8/h3-6H,1-2H2,(H,7,8). The Kier molecular flexibility index (Phi) is 4.83. The first-order valence-electron chi connectivity index (χ1n) is 2.29. The lowest BCUT2D eigenvalue weighted by atomic mass is 10.4. The fourth-order valence-electron chi connectivity index (χ4n) is 0.275. The number of nitrogens with one attached hydrogen (secondary N) is 1. The van der Waals surface area contributed by atoms with Crippen molar-refractivity contribution >= 4 is 11.3 Å². The second-order valence-electron chi connectivity index (χ2n) is 1.43. The molecule has 0 spiro atoms. The van der Waals surface area contributed by atoms with Gasteiger partial charge in [0.05, 0.1) is 19.3 Å². The van der Waals surface area contributed by atoms with E-state index < -0.39 is 17.3 Å². The number of hydrogen-bond acceptors (Lipinski definition) is 3. The van der Waals surface area contributed by atoms with E-state index in [1.54, 1.807) is 0 Å². The van der Waals surface area contributed by atoms with Crippen molar-refractivity contribution in [3.8, 4) is 0 Å². The van der Waals surface area contributed by atoms with Crippen LogP contribution in [0.25, 0.3) is 0 Å². The maximum Gasteiger partial charge on any atom is 0.232 e. The lowest BCUT2D eigenvalue weighted by Gasteiger charge is -2.07. The fraction of sp³-hybridized carbons (Fsp3) is 1.00. The highest BCUT2D eigenvalue weighted by Crippen LogP contribution is 1.78. The maximum absolute atomic E-state index is 9.91. The summed E-state index contributed by atoms with van der Waals surface area (Å²) in [6.45, 7) is -0.717. The molecule has 5 nitrogen and oxygen atoms in total. The first kappa shape index (κ1) is 8.99. The molecule has 0 fully saturated rings. The molecule has 1 unspecified atom stereocenters. The van der Waals surface area contributed by atoms with Crippen LogP contribution < -0.4 is 4.72 Å². The van der Waals surface area contributed by atoms with Gasteiger partial charge in [0.15, 0.2) is 0 Å². The second kappa shape index (κ2) is 4.83. The maximum atomic E-state index is 9.91. The molecule has 1 atom stereocenters. The van der Waals surface area contributed by atoms with Crippen LogP contribution in [0, 0.1) is 0 Å². The van der Waals surface area contributed by atoms with E-state index in [0.717, 1.165) is 0 Å². The minimum absolute atomic E-state index is 0.358. The molecule has 6 heteroatoms. The second-order valence-corrected chi connectivity index (χ2v) is 2.16. The molecule has 0 bridgehead atoms. The Bertz CT molecular complexity index is 93.8. The molecule has 0 saturated carbocycles. The van der Waals surface area contributed by atoms with Gasteiger partial charge in [-0.2, -0.15) is 0 Å². The molecule has 0 aliphatic rings. The summed E-state index contributed by atoms with van der Waals surface area (Å²) in [5, 5.41) is 16.6. The van der Waals surface area contributed by atoms with Gasteiger partial charge in [-0.05, 0) is 0 Å². The third-order valence-electron chi connectivity index (χ3n) is 0.708. The zero-order chi connectivity index (χ0) is 7.28. The zero-order valence-corrected chi connectivity index (χ0v) is 5.47. The van der Waals surface area contributed by atoms with E-state index in [0.29, 0.717) is 0 Å². The van der Waals surface area contributed by atoms with Crippen LogP contribution in [0.3, 0.4) is 0 Å². The number of hydrogen-bond donors (Lipinski definition) is 4. The van der Waals surface area contributed by atoms with E-state index in [2.05, 4.69) is 0 Å². The number of aliphatic hydroxyl groups is 2. The summed E-state index contributed by atoms with van der Waals surface area (Å²) in [6, 6.07) is -0.712. The summed E-state index contributed by atoms with van der Waals surface area (Å²) in [6.07, 6.45) is 0. The van der Waals surface area contributed by atoms with Crippen LogP contribution in [0.2, 0.25) is 0 Å². The van der Waals surface area contributed by atoms with Gasteiger partial charge in [-0.1, -0.05) is 0 Å². The van der Waals surface area contributed by atoms with Crippen molar-refractivity contribution in [3.63, 3.8) is 0 Å². The SMILES string of the molecule is O=S(O)NC(CO)CO. The molecule has 9 heavy (non-hydrogen) atoms. The van der Waals surface area contributed by atoms with Gasteiger partial charge in [0, 0.05) is 0 Å². The van der Waals surface area contributed by atoms with E-state index in [4.69, 9.17) is 14.8 Å². The number of aliphatic hydroxyl groups excluding tert-OH is 2. The Morgan fingerprint density at radius 3 is 2.00 bits per heavy atom. The average Bonchev–Trinajstić information content (AvgIpc) is 1.82. The van der Waals surface area contributed by atoms with Gasteiger partial charge >= 0.3 is 0 Å². The van der Waals surface area contributed by atoms with Crippen LogP contribution in [0.15, 0.2) is 0 Å². The summed E-state index contributed by atoms with van der Waals surface area (Å²) in [4.78, 5) is 0. The van der Waals surface area contributed by atoms with E-state index in [1.165, 1.54) is 0 Å². The van der Waals surface area contributed by atoms with Crippen LogP contribution in [-0.4, -0.2) is 38.2 Å². The Balaban J connectivity index is 3.43. The summed E-state index contributed by atoms with van der Waals surface area (Å²) < 4.78 is 20.0. The van der Waals surface area contributed by atoms with Crippen LogP contribution >= 0.6 is 0 Å².